The largest absolute Gasteiger partial charge is 0.324 e. The zero-order valence-corrected chi connectivity index (χ0v) is 18.0. The number of fused-ring (bicyclic) bond motifs is 3. The van der Waals surface area contributed by atoms with Crippen molar-refractivity contribution in [2.24, 2.45) is 0 Å². The van der Waals surface area contributed by atoms with Gasteiger partial charge in [0.2, 0.25) is 5.95 Å². The summed E-state index contributed by atoms with van der Waals surface area (Å²) in [5.41, 5.74) is 1.68. The average molecular weight is 442 g/mol. The number of urea groups is 1. The van der Waals surface area contributed by atoms with Crippen LogP contribution in [0.3, 0.4) is 0 Å². The highest BCUT2D eigenvalue weighted by molar-refractivity contribution is 7.14. The number of hydrogen-bond acceptors (Lipinski definition) is 7. The minimum absolute atomic E-state index is 0.160. The molecular weight excluding hydrogens is 417 g/mol. The van der Waals surface area contributed by atoms with Crippen molar-refractivity contribution in [1.82, 2.24) is 30.4 Å². The summed E-state index contributed by atoms with van der Waals surface area (Å²) in [7, 11) is 0. The van der Waals surface area contributed by atoms with E-state index in [2.05, 4.69) is 30.8 Å². The summed E-state index contributed by atoms with van der Waals surface area (Å²) < 4.78 is 12.5. The fourth-order valence-electron chi connectivity index (χ4n) is 4.72. The standard InChI is InChI=1S/C21H24FN7OS/c1-12-27-28-19(31-12)13-2-3-14-11-24-20(25-18(14)8-13)26-21(30)29-16-4-5-17(29)10-15(9-16)23-7-6-22/h2-3,8,11,15-17,23H,4-7,9-10H2,1H3,(H,24,25,26,30)/t15-,16-,17+. The summed E-state index contributed by atoms with van der Waals surface area (Å²) in [6, 6.07) is 6.32. The molecule has 2 aliphatic heterocycles. The Bertz CT molecular complexity index is 1090. The van der Waals surface area contributed by atoms with Gasteiger partial charge in [0.05, 0.1) is 5.52 Å². The van der Waals surface area contributed by atoms with E-state index < -0.39 is 0 Å². The maximum absolute atomic E-state index is 13.0. The molecule has 0 radical (unpaired) electrons. The molecule has 2 saturated heterocycles. The van der Waals surface area contributed by atoms with E-state index in [0.717, 1.165) is 52.2 Å². The highest BCUT2D eigenvalue weighted by Crippen LogP contribution is 2.36. The molecule has 0 aliphatic carbocycles. The van der Waals surface area contributed by atoms with Crippen LogP contribution in [0.4, 0.5) is 15.1 Å². The van der Waals surface area contributed by atoms with E-state index >= 15 is 0 Å². The second kappa shape index (κ2) is 8.43. The number of halogens is 1. The molecule has 0 spiro atoms. The number of carbonyl (C=O) groups is 1. The van der Waals surface area contributed by atoms with Gasteiger partial charge in [-0.05, 0) is 38.7 Å². The maximum Gasteiger partial charge on any atom is 0.324 e. The molecule has 8 nitrogen and oxygen atoms in total. The van der Waals surface area contributed by atoms with Gasteiger partial charge in [-0.2, -0.15) is 0 Å². The summed E-state index contributed by atoms with van der Waals surface area (Å²) in [4.78, 5) is 23.8. The third-order valence-electron chi connectivity index (χ3n) is 6.07. The Kier molecular flexibility index (Phi) is 5.49. The second-order valence-electron chi connectivity index (χ2n) is 8.13. The summed E-state index contributed by atoms with van der Waals surface area (Å²) in [6.07, 6.45) is 5.39. The van der Waals surface area contributed by atoms with Crippen molar-refractivity contribution in [2.45, 2.75) is 50.7 Å². The van der Waals surface area contributed by atoms with E-state index in [4.69, 9.17) is 0 Å². The highest BCUT2D eigenvalue weighted by Gasteiger charge is 2.43. The van der Waals surface area contributed by atoms with Gasteiger partial charge in [0, 0.05) is 41.8 Å². The number of hydrogen-bond donors (Lipinski definition) is 2. The van der Waals surface area contributed by atoms with E-state index in [1.54, 1.807) is 6.20 Å². The zero-order chi connectivity index (χ0) is 21.4. The first-order chi connectivity index (χ1) is 15.1. The van der Waals surface area contributed by atoms with Crippen LogP contribution in [0.5, 0.6) is 0 Å². The van der Waals surface area contributed by atoms with Gasteiger partial charge in [-0.1, -0.05) is 23.5 Å². The molecule has 10 heteroatoms. The van der Waals surface area contributed by atoms with E-state index in [-0.39, 0.29) is 30.8 Å². The van der Waals surface area contributed by atoms with Gasteiger partial charge in [-0.25, -0.2) is 19.2 Å². The fraction of sp³-hybridized carbons (Fsp3) is 0.476. The van der Waals surface area contributed by atoms with Crippen molar-refractivity contribution in [3.8, 4) is 10.6 Å². The quantitative estimate of drug-likeness (QED) is 0.629. The molecule has 0 unspecified atom stereocenters. The number of anilines is 1. The lowest BCUT2D eigenvalue weighted by Crippen LogP contribution is -2.53. The summed E-state index contributed by atoms with van der Waals surface area (Å²) >= 11 is 1.53. The van der Waals surface area contributed by atoms with E-state index in [1.165, 1.54) is 11.3 Å². The molecule has 4 heterocycles. The first-order valence-corrected chi connectivity index (χ1v) is 11.4. The molecule has 2 amide bonds. The van der Waals surface area contributed by atoms with Crippen LogP contribution in [0.15, 0.2) is 24.4 Å². The number of carbonyl (C=O) groups excluding carboxylic acids is 1. The Balaban J connectivity index is 1.31. The van der Waals surface area contributed by atoms with Crippen molar-refractivity contribution < 1.29 is 9.18 Å². The number of benzene rings is 1. The molecule has 0 saturated carbocycles. The molecule has 31 heavy (non-hydrogen) atoms. The van der Waals surface area contributed by atoms with Crippen LogP contribution in [0, 0.1) is 6.92 Å². The van der Waals surface area contributed by atoms with Gasteiger partial charge in [0.1, 0.15) is 16.7 Å². The SMILES string of the molecule is Cc1nnc(-c2ccc3cnc(NC(=O)N4[C@@H]5CC[C@H]4C[C@H](NCCF)C5)nc3c2)s1. The van der Waals surface area contributed by atoms with Crippen LogP contribution < -0.4 is 10.6 Å². The zero-order valence-electron chi connectivity index (χ0n) is 17.2. The minimum atomic E-state index is -0.365. The molecule has 162 valence electrons. The summed E-state index contributed by atoms with van der Waals surface area (Å²) in [5.74, 6) is 0.292. The van der Waals surface area contributed by atoms with Gasteiger partial charge in [-0.3, -0.25) is 5.32 Å². The topological polar surface area (TPSA) is 95.9 Å². The van der Waals surface area contributed by atoms with Crippen LogP contribution in [-0.2, 0) is 0 Å². The molecule has 2 N–H and O–H groups in total. The van der Waals surface area contributed by atoms with E-state index in [1.807, 2.05) is 30.0 Å². The van der Waals surface area contributed by atoms with Crippen LogP contribution in [0.25, 0.3) is 21.5 Å². The Morgan fingerprint density at radius 2 is 2.06 bits per heavy atom. The number of aromatic nitrogens is 4. The molecule has 2 fully saturated rings. The monoisotopic (exact) mass is 441 g/mol. The number of alkyl halides is 1. The molecule has 2 aliphatic rings. The van der Waals surface area contributed by atoms with Crippen LogP contribution in [0.1, 0.15) is 30.7 Å². The molecule has 1 aromatic carbocycles. The Labute approximate surface area is 183 Å². The van der Waals surface area contributed by atoms with Gasteiger partial charge in [0.15, 0.2) is 0 Å². The van der Waals surface area contributed by atoms with Gasteiger partial charge < -0.3 is 10.2 Å². The predicted octanol–water partition coefficient (Wildman–Crippen LogP) is 3.54. The van der Waals surface area contributed by atoms with Gasteiger partial charge in [0.25, 0.3) is 0 Å². The first kappa shape index (κ1) is 20.2. The van der Waals surface area contributed by atoms with Gasteiger partial charge >= 0.3 is 6.03 Å². The van der Waals surface area contributed by atoms with Crippen LogP contribution in [0.2, 0.25) is 0 Å². The Morgan fingerprint density at radius 1 is 1.26 bits per heavy atom. The number of rotatable bonds is 5. The minimum Gasteiger partial charge on any atom is -0.318 e. The smallest absolute Gasteiger partial charge is 0.318 e. The number of nitrogens with zero attached hydrogens (tertiary/aromatic N) is 5. The Hall–Kier alpha value is -2.72. The summed E-state index contributed by atoms with van der Waals surface area (Å²) in [5, 5.41) is 17.0. The van der Waals surface area contributed by atoms with E-state index in [9.17, 15) is 9.18 Å². The second-order valence-corrected chi connectivity index (χ2v) is 9.31. The normalized spacial score (nSPS) is 22.8. The highest BCUT2D eigenvalue weighted by atomic mass is 32.1. The third kappa shape index (κ3) is 4.09. The van der Waals surface area contributed by atoms with Crippen molar-refractivity contribution >= 4 is 34.2 Å². The number of aryl methyl sites for hydroxylation is 1. The third-order valence-corrected chi connectivity index (χ3v) is 6.96. The lowest BCUT2D eigenvalue weighted by Gasteiger charge is -2.39. The predicted molar refractivity (Wildman–Crippen MR) is 118 cm³/mol. The van der Waals surface area contributed by atoms with Crippen LogP contribution >= 0.6 is 11.3 Å². The van der Waals surface area contributed by atoms with Gasteiger partial charge in [-0.15, -0.1) is 10.2 Å². The van der Waals surface area contributed by atoms with E-state index in [0.29, 0.717) is 12.5 Å². The lowest BCUT2D eigenvalue weighted by molar-refractivity contribution is 0.141. The molecule has 5 rings (SSSR count). The van der Waals surface area contributed by atoms with Crippen molar-refractivity contribution in [2.75, 3.05) is 18.5 Å². The van der Waals surface area contributed by atoms with Crippen molar-refractivity contribution in [1.29, 1.82) is 0 Å². The number of nitrogens with one attached hydrogen (secondary N) is 2. The number of piperidine rings is 1. The maximum atomic E-state index is 13.0. The molecular formula is C21H24FN7OS. The molecule has 2 aromatic heterocycles. The molecule has 3 atom stereocenters. The molecule has 2 bridgehead atoms. The number of amides is 2. The molecule has 3 aromatic rings. The fourth-order valence-corrected chi connectivity index (χ4v) is 5.41. The Morgan fingerprint density at radius 3 is 2.77 bits per heavy atom. The average Bonchev–Trinajstić information content (AvgIpc) is 3.32. The van der Waals surface area contributed by atoms with Crippen molar-refractivity contribution in [3.05, 3.63) is 29.4 Å². The first-order valence-electron chi connectivity index (χ1n) is 10.6. The lowest BCUT2D eigenvalue weighted by atomic mass is 9.97. The van der Waals surface area contributed by atoms with Crippen molar-refractivity contribution in [3.63, 3.8) is 0 Å². The summed E-state index contributed by atoms with van der Waals surface area (Å²) in [6.45, 7) is 1.93. The van der Waals surface area contributed by atoms with Crippen LogP contribution in [-0.4, -0.2) is 62.4 Å².